The minimum atomic E-state index is -0.0181. The van der Waals surface area contributed by atoms with Gasteiger partial charge in [-0.2, -0.15) is 0 Å². The van der Waals surface area contributed by atoms with Crippen LogP contribution in [0, 0.1) is 5.92 Å². The number of ether oxygens (including phenoxy) is 1. The van der Waals surface area contributed by atoms with Crippen LogP contribution >= 0.6 is 0 Å². The van der Waals surface area contributed by atoms with Gasteiger partial charge < -0.3 is 15.4 Å². The van der Waals surface area contributed by atoms with E-state index in [1.165, 1.54) is 0 Å². The maximum atomic E-state index is 12.0. The standard InChI is InChI=1S/C17H26N2O2/c1-4-19-16(20)10-9-15(18)17(19)13-5-7-14(8-6-13)21-11-12(2)3/h5-8,12,15,17H,4,9-11,18H2,1-3H3. The van der Waals surface area contributed by atoms with Crippen LogP contribution in [0.1, 0.15) is 45.2 Å². The fourth-order valence-electron chi connectivity index (χ4n) is 2.80. The summed E-state index contributed by atoms with van der Waals surface area (Å²) < 4.78 is 5.70. The molecule has 1 heterocycles. The molecule has 1 aromatic carbocycles. The lowest BCUT2D eigenvalue weighted by atomic mass is 9.90. The molecule has 2 N–H and O–H groups in total. The Bertz CT molecular complexity index is 470. The van der Waals surface area contributed by atoms with Crippen molar-refractivity contribution in [2.75, 3.05) is 13.2 Å². The second-order valence-electron chi connectivity index (χ2n) is 6.10. The summed E-state index contributed by atoms with van der Waals surface area (Å²) in [6.07, 6.45) is 1.31. The van der Waals surface area contributed by atoms with Gasteiger partial charge in [-0.3, -0.25) is 4.79 Å². The summed E-state index contributed by atoms with van der Waals surface area (Å²) in [6, 6.07) is 7.98. The molecule has 4 heteroatoms. The molecule has 0 aliphatic carbocycles. The van der Waals surface area contributed by atoms with Crippen LogP contribution in [0.4, 0.5) is 0 Å². The van der Waals surface area contributed by atoms with Gasteiger partial charge in [0.2, 0.25) is 5.91 Å². The van der Waals surface area contributed by atoms with Gasteiger partial charge in [0.1, 0.15) is 5.75 Å². The molecule has 2 atom stereocenters. The van der Waals surface area contributed by atoms with Crippen LogP contribution in [-0.4, -0.2) is 30.0 Å². The number of amides is 1. The molecule has 0 bridgehead atoms. The van der Waals surface area contributed by atoms with Gasteiger partial charge in [0, 0.05) is 19.0 Å². The van der Waals surface area contributed by atoms with E-state index in [-0.39, 0.29) is 18.0 Å². The predicted octanol–water partition coefficient (Wildman–Crippen LogP) is 2.73. The normalized spacial score (nSPS) is 22.7. The first-order valence-electron chi connectivity index (χ1n) is 7.80. The van der Waals surface area contributed by atoms with Gasteiger partial charge in [-0.05, 0) is 37.0 Å². The lowest BCUT2D eigenvalue weighted by Crippen LogP contribution is -2.48. The Morgan fingerprint density at radius 3 is 2.57 bits per heavy atom. The Labute approximate surface area is 127 Å². The van der Waals surface area contributed by atoms with Gasteiger partial charge >= 0.3 is 0 Å². The predicted molar refractivity (Wildman–Crippen MR) is 84.1 cm³/mol. The lowest BCUT2D eigenvalue weighted by Gasteiger charge is -2.39. The number of hydrogen-bond acceptors (Lipinski definition) is 3. The lowest BCUT2D eigenvalue weighted by molar-refractivity contribution is -0.137. The number of rotatable bonds is 5. The molecule has 4 nitrogen and oxygen atoms in total. The van der Waals surface area contributed by atoms with Crippen molar-refractivity contribution < 1.29 is 9.53 Å². The van der Waals surface area contributed by atoms with E-state index in [4.69, 9.17) is 10.5 Å². The molecule has 0 radical (unpaired) electrons. The van der Waals surface area contributed by atoms with E-state index in [0.29, 0.717) is 25.5 Å². The van der Waals surface area contributed by atoms with E-state index in [9.17, 15) is 4.79 Å². The zero-order chi connectivity index (χ0) is 15.4. The molecular weight excluding hydrogens is 264 g/mol. The summed E-state index contributed by atoms with van der Waals surface area (Å²) in [7, 11) is 0. The van der Waals surface area contributed by atoms with Crippen molar-refractivity contribution in [2.45, 2.75) is 45.7 Å². The Morgan fingerprint density at radius 2 is 2.00 bits per heavy atom. The first kappa shape index (κ1) is 15.8. The maximum Gasteiger partial charge on any atom is 0.223 e. The Hall–Kier alpha value is -1.55. The van der Waals surface area contributed by atoms with Gasteiger partial charge in [-0.15, -0.1) is 0 Å². The van der Waals surface area contributed by atoms with Gasteiger partial charge in [0.25, 0.3) is 0 Å². The molecule has 0 spiro atoms. The van der Waals surface area contributed by atoms with Gasteiger partial charge in [-0.1, -0.05) is 26.0 Å². The van der Waals surface area contributed by atoms with E-state index in [0.717, 1.165) is 17.7 Å². The number of hydrogen-bond donors (Lipinski definition) is 1. The third-order valence-corrected chi connectivity index (χ3v) is 3.90. The van der Waals surface area contributed by atoms with Crippen LogP contribution in [-0.2, 0) is 4.79 Å². The minimum Gasteiger partial charge on any atom is -0.493 e. The smallest absolute Gasteiger partial charge is 0.223 e. The largest absolute Gasteiger partial charge is 0.493 e. The highest BCUT2D eigenvalue weighted by atomic mass is 16.5. The number of carbonyl (C=O) groups is 1. The number of likely N-dealkylation sites (tertiary alicyclic amines) is 1. The number of piperidine rings is 1. The summed E-state index contributed by atoms with van der Waals surface area (Å²) in [5.41, 5.74) is 7.34. The molecular formula is C17H26N2O2. The second kappa shape index (κ2) is 6.94. The highest BCUT2D eigenvalue weighted by Crippen LogP contribution is 2.31. The zero-order valence-corrected chi connectivity index (χ0v) is 13.2. The molecule has 1 aromatic rings. The molecule has 0 aromatic heterocycles. The third kappa shape index (κ3) is 3.76. The van der Waals surface area contributed by atoms with Crippen molar-refractivity contribution in [3.63, 3.8) is 0 Å². The molecule has 1 aliphatic rings. The van der Waals surface area contributed by atoms with Crippen LogP contribution in [0.15, 0.2) is 24.3 Å². The SMILES string of the molecule is CCN1C(=O)CCC(N)C1c1ccc(OCC(C)C)cc1. The molecule has 116 valence electrons. The van der Waals surface area contributed by atoms with E-state index in [1.54, 1.807) is 0 Å². The van der Waals surface area contributed by atoms with Crippen molar-refractivity contribution in [3.8, 4) is 5.75 Å². The number of nitrogens with two attached hydrogens (primary N) is 1. The molecule has 1 aliphatic heterocycles. The van der Waals surface area contributed by atoms with Gasteiger partial charge in [0.05, 0.1) is 12.6 Å². The van der Waals surface area contributed by atoms with Crippen molar-refractivity contribution in [1.82, 2.24) is 4.90 Å². The van der Waals surface area contributed by atoms with Crippen LogP contribution in [0.2, 0.25) is 0 Å². The number of nitrogens with zero attached hydrogens (tertiary/aromatic N) is 1. The van der Waals surface area contributed by atoms with E-state index in [2.05, 4.69) is 13.8 Å². The average molecular weight is 290 g/mol. The molecule has 1 fully saturated rings. The maximum absolute atomic E-state index is 12.0. The topological polar surface area (TPSA) is 55.6 Å². The monoisotopic (exact) mass is 290 g/mol. The number of carbonyl (C=O) groups excluding carboxylic acids is 1. The second-order valence-corrected chi connectivity index (χ2v) is 6.10. The van der Waals surface area contributed by atoms with Crippen molar-refractivity contribution >= 4 is 5.91 Å². The molecule has 1 saturated heterocycles. The van der Waals surface area contributed by atoms with E-state index < -0.39 is 0 Å². The minimum absolute atomic E-state index is 0.00471. The number of likely N-dealkylation sites (N-methyl/N-ethyl adjacent to an activating group) is 1. The molecule has 1 amide bonds. The summed E-state index contributed by atoms with van der Waals surface area (Å²) in [6.45, 7) is 7.66. The highest BCUT2D eigenvalue weighted by Gasteiger charge is 2.33. The molecule has 0 saturated carbocycles. The van der Waals surface area contributed by atoms with Crippen molar-refractivity contribution in [2.24, 2.45) is 11.7 Å². The molecule has 21 heavy (non-hydrogen) atoms. The number of benzene rings is 1. The fraction of sp³-hybridized carbons (Fsp3) is 0.588. The average Bonchev–Trinajstić information content (AvgIpc) is 2.48. The first-order valence-corrected chi connectivity index (χ1v) is 7.80. The van der Waals surface area contributed by atoms with Crippen LogP contribution < -0.4 is 10.5 Å². The van der Waals surface area contributed by atoms with E-state index in [1.807, 2.05) is 36.1 Å². The van der Waals surface area contributed by atoms with Crippen LogP contribution in [0.3, 0.4) is 0 Å². The molecule has 2 rings (SSSR count). The van der Waals surface area contributed by atoms with Gasteiger partial charge in [-0.25, -0.2) is 0 Å². The Kier molecular flexibility index (Phi) is 5.23. The zero-order valence-electron chi connectivity index (χ0n) is 13.2. The van der Waals surface area contributed by atoms with E-state index >= 15 is 0 Å². The van der Waals surface area contributed by atoms with Crippen molar-refractivity contribution in [3.05, 3.63) is 29.8 Å². The summed E-state index contributed by atoms with van der Waals surface area (Å²) in [4.78, 5) is 13.9. The van der Waals surface area contributed by atoms with Gasteiger partial charge in [0.15, 0.2) is 0 Å². The highest BCUT2D eigenvalue weighted by molar-refractivity contribution is 5.77. The Morgan fingerprint density at radius 1 is 1.33 bits per heavy atom. The third-order valence-electron chi connectivity index (χ3n) is 3.90. The van der Waals surface area contributed by atoms with Crippen LogP contribution in [0.25, 0.3) is 0 Å². The fourth-order valence-corrected chi connectivity index (χ4v) is 2.80. The summed E-state index contributed by atoms with van der Waals surface area (Å²) in [5, 5.41) is 0. The molecule has 2 unspecified atom stereocenters. The van der Waals surface area contributed by atoms with Crippen LogP contribution in [0.5, 0.6) is 5.75 Å². The summed E-state index contributed by atoms with van der Waals surface area (Å²) in [5.74, 6) is 1.57. The first-order chi connectivity index (χ1) is 10.0. The van der Waals surface area contributed by atoms with Crippen molar-refractivity contribution in [1.29, 1.82) is 0 Å². The Balaban J connectivity index is 2.13. The quantitative estimate of drug-likeness (QED) is 0.907. The summed E-state index contributed by atoms with van der Waals surface area (Å²) >= 11 is 0.